The highest BCUT2D eigenvalue weighted by molar-refractivity contribution is 6.60. The molecule has 0 saturated carbocycles. The number of unbranched alkanes of at least 4 members (excludes halogenated alkanes) is 5. The lowest BCUT2D eigenvalue weighted by Crippen LogP contribution is -2.45. The first-order valence-corrected chi connectivity index (χ1v) is 11.9. The molecule has 0 aliphatic heterocycles. The number of anilines is 3. The van der Waals surface area contributed by atoms with Crippen molar-refractivity contribution in [2.45, 2.75) is 65.3 Å². The van der Waals surface area contributed by atoms with E-state index in [1.54, 1.807) is 0 Å². The molecule has 0 spiro atoms. The largest absolute Gasteiger partial charge is 0.500 e. The van der Waals surface area contributed by atoms with E-state index in [0.29, 0.717) is 25.8 Å². The van der Waals surface area contributed by atoms with Gasteiger partial charge in [-0.15, -0.1) is 0 Å². The normalized spacial score (nSPS) is 11.7. The molecule has 0 unspecified atom stereocenters. The minimum Gasteiger partial charge on any atom is -0.374 e. The Kier molecular flexibility index (Phi) is 11.9. The molecule has 0 bridgehead atoms. The standard InChI is InChI=1S/C17H36N6O3Si/c1-4-24-27(25-5-2,26-6-3)14-12-10-8-7-9-11-13-20-17-22-15(18)21-16(19)23-17/h4-14H2,1-3H3,(H5,18,19,20,21,22,23). The SMILES string of the molecule is CCO[Si](CCCCCCCCNc1nc(N)nc(N)n1)(OCC)OCC. The highest BCUT2D eigenvalue weighted by atomic mass is 28.4. The molecule has 0 amide bonds. The Hall–Kier alpha value is -1.49. The lowest BCUT2D eigenvalue weighted by molar-refractivity contribution is 0.0706. The van der Waals surface area contributed by atoms with Gasteiger partial charge in [0.15, 0.2) is 0 Å². The third-order valence-corrected chi connectivity index (χ3v) is 7.11. The molecule has 1 aromatic rings. The maximum atomic E-state index is 5.88. The summed E-state index contributed by atoms with van der Waals surface area (Å²) in [5.41, 5.74) is 11.1. The third kappa shape index (κ3) is 9.85. The van der Waals surface area contributed by atoms with Crippen LogP contribution in [0.5, 0.6) is 0 Å². The summed E-state index contributed by atoms with van der Waals surface area (Å²) < 4.78 is 17.6. The lowest BCUT2D eigenvalue weighted by atomic mass is 10.1. The van der Waals surface area contributed by atoms with Gasteiger partial charge >= 0.3 is 8.80 Å². The number of aromatic nitrogens is 3. The van der Waals surface area contributed by atoms with Gasteiger partial charge in [-0.3, -0.25) is 0 Å². The molecule has 0 aliphatic carbocycles. The van der Waals surface area contributed by atoms with Crippen molar-refractivity contribution in [3.63, 3.8) is 0 Å². The number of hydrogen-bond acceptors (Lipinski definition) is 9. The summed E-state index contributed by atoms with van der Waals surface area (Å²) in [7, 11) is -2.47. The van der Waals surface area contributed by atoms with Crippen LogP contribution in [0.4, 0.5) is 17.8 Å². The van der Waals surface area contributed by atoms with Gasteiger partial charge in [0.05, 0.1) is 0 Å². The summed E-state index contributed by atoms with van der Waals surface area (Å²) in [6, 6.07) is 0.895. The van der Waals surface area contributed by atoms with Gasteiger partial charge in [-0.1, -0.05) is 25.7 Å². The minimum atomic E-state index is -2.47. The fourth-order valence-electron chi connectivity index (χ4n) is 2.86. The van der Waals surface area contributed by atoms with Crippen LogP contribution in [0.15, 0.2) is 0 Å². The molecule has 1 rings (SSSR count). The Bertz CT molecular complexity index is 486. The number of nitrogens with zero attached hydrogens (tertiary/aromatic N) is 3. The van der Waals surface area contributed by atoms with Crippen LogP contribution in [0.1, 0.15) is 59.3 Å². The maximum absolute atomic E-state index is 5.88. The lowest BCUT2D eigenvalue weighted by Gasteiger charge is -2.28. The van der Waals surface area contributed by atoms with Crippen molar-refractivity contribution in [1.29, 1.82) is 0 Å². The molecule has 0 aromatic carbocycles. The zero-order chi connectivity index (χ0) is 20.0. The summed E-state index contributed by atoms with van der Waals surface area (Å²) in [4.78, 5) is 11.7. The predicted molar refractivity (Wildman–Crippen MR) is 110 cm³/mol. The van der Waals surface area contributed by atoms with E-state index in [0.717, 1.165) is 38.3 Å². The van der Waals surface area contributed by atoms with Gasteiger partial charge in [-0.05, 0) is 33.6 Å². The van der Waals surface area contributed by atoms with Gasteiger partial charge in [0.1, 0.15) is 0 Å². The van der Waals surface area contributed by atoms with Crippen LogP contribution in [0, 0.1) is 0 Å². The first-order valence-electron chi connectivity index (χ1n) is 9.98. The van der Waals surface area contributed by atoms with Gasteiger partial charge in [0, 0.05) is 32.4 Å². The Labute approximate surface area is 164 Å². The van der Waals surface area contributed by atoms with Crippen molar-refractivity contribution in [2.75, 3.05) is 43.1 Å². The zero-order valence-corrected chi connectivity index (χ0v) is 18.0. The van der Waals surface area contributed by atoms with Crippen LogP contribution >= 0.6 is 0 Å². The van der Waals surface area contributed by atoms with Crippen molar-refractivity contribution >= 4 is 26.6 Å². The van der Waals surface area contributed by atoms with E-state index in [1.165, 1.54) is 12.8 Å². The molecule has 1 heterocycles. The van der Waals surface area contributed by atoms with E-state index >= 15 is 0 Å². The summed E-state index contributed by atoms with van der Waals surface area (Å²) in [6.45, 7) is 8.68. The number of rotatable bonds is 16. The van der Waals surface area contributed by atoms with Crippen LogP contribution in [0.2, 0.25) is 6.04 Å². The molecule has 9 nitrogen and oxygen atoms in total. The van der Waals surface area contributed by atoms with E-state index < -0.39 is 8.80 Å². The van der Waals surface area contributed by atoms with Crippen LogP contribution in [-0.2, 0) is 13.3 Å². The van der Waals surface area contributed by atoms with Crippen LogP contribution in [0.25, 0.3) is 0 Å². The molecule has 27 heavy (non-hydrogen) atoms. The molecule has 0 aliphatic rings. The average molecular weight is 401 g/mol. The second kappa shape index (κ2) is 13.6. The monoisotopic (exact) mass is 400 g/mol. The van der Waals surface area contributed by atoms with Crippen molar-refractivity contribution < 1.29 is 13.3 Å². The fraction of sp³-hybridized carbons (Fsp3) is 0.824. The van der Waals surface area contributed by atoms with Crippen molar-refractivity contribution in [1.82, 2.24) is 15.0 Å². The molecule has 0 radical (unpaired) electrons. The van der Waals surface area contributed by atoms with Gasteiger partial charge < -0.3 is 30.1 Å². The molecule has 156 valence electrons. The number of nitrogens with two attached hydrogens (primary N) is 2. The van der Waals surface area contributed by atoms with Gasteiger partial charge in [0.25, 0.3) is 0 Å². The van der Waals surface area contributed by atoms with E-state index in [9.17, 15) is 0 Å². The highest BCUT2D eigenvalue weighted by Gasteiger charge is 2.39. The Balaban J connectivity index is 2.13. The Morgan fingerprint density at radius 2 is 1.22 bits per heavy atom. The molecule has 1 aromatic heterocycles. The molecular formula is C17H36N6O3Si. The molecule has 0 saturated heterocycles. The first-order chi connectivity index (χ1) is 13.0. The summed E-state index contributed by atoms with van der Waals surface area (Å²) in [5, 5.41) is 3.12. The predicted octanol–water partition coefficient (Wildman–Crippen LogP) is 2.84. The van der Waals surface area contributed by atoms with E-state index in [-0.39, 0.29) is 11.9 Å². The average Bonchev–Trinajstić information content (AvgIpc) is 2.60. The molecule has 5 N–H and O–H groups in total. The number of hydrogen-bond donors (Lipinski definition) is 3. The van der Waals surface area contributed by atoms with Gasteiger partial charge in [-0.25, -0.2) is 0 Å². The second-order valence-electron chi connectivity index (χ2n) is 6.16. The summed E-state index contributed by atoms with van der Waals surface area (Å²) in [5.74, 6) is 0.704. The fourth-order valence-corrected chi connectivity index (χ4v) is 5.55. The molecule has 0 fully saturated rings. The molecular weight excluding hydrogens is 364 g/mol. The quantitative estimate of drug-likeness (QED) is 0.283. The van der Waals surface area contributed by atoms with Crippen molar-refractivity contribution in [3.05, 3.63) is 0 Å². The molecule has 0 atom stereocenters. The van der Waals surface area contributed by atoms with Crippen LogP contribution in [0.3, 0.4) is 0 Å². The number of nitrogen functional groups attached to an aromatic ring is 2. The smallest absolute Gasteiger partial charge is 0.374 e. The maximum Gasteiger partial charge on any atom is 0.500 e. The zero-order valence-electron chi connectivity index (χ0n) is 17.0. The van der Waals surface area contributed by atoms with E-state index in [2.05, 4.69) is 20.3 Å². The Morgan fingerprint density at radius 1 is 0.741 bits per heavy atom. The second-order valence-corrected chi connectivity index (χ2v) is 8.89. The third-order valence-electron chi connectivity index (χ3n) is 3.96. The number of nitrogens with one attached hydrogen (secondary N) is 1. The van der Waals surface area contributed by atoms with E-state index in [4.69, 9.17) is 24.7 Å². The summed E-state index contributed by atoms with van der Waals surface area (Å²) in [6.07, 6.45) is 6.81. The first kappa shape index (κ1) is 23.5. The van der Waals surface area contributed by atoms with Crippen molar-refractivity contribution in [2.24, 2.45) is 0 Å². The topological polar surface area (TPSA) is 130 Å². The van der Waals surface area contributed by atoms with Crippen LogP contribution < -0.4 is 16.8 Å². The van der Waals surface area contributed by atoms with Crippen molar-refractivity contribution in [3.8, 4) is 0 Å². The highest BCUT2D eigenvalue weighted by Crippen LogP contribution is 2.20. The van der Waals surface area contributed by atoms with Gasteiger partial charge in [0.2, 0.25) is 17.8 Å². The molecule has 10 heteroatoms. The Morgan fingerprint density at radius 3 is 1.74 bits per heavy atom. The summed E-state index contributed by atoms with van der Waals surface area (Å²) >= 11 is 0. The van der Waals surface area contributed by atoms with Gasteiger partial charge in [-0.2, -0.15) is 15.0 Å². The van der Waals surface area contributed by atoms with E-state index in [1.807, 2.05) is 20.8 Å². The van der Waals surface area contributed by atoms with Crippen LogP contribution in [-0.4, -0.2) is 50.1 Å². The minimum absolute atomic E-state index is 0.135.